The average Bonchev–Trinajstić information content (AvgIpc) is 2.21. The summed E-state index contributed by atoms with van der Waals surface area (Å²) in [6, 6.07) is 0. The van der Waals surface area contributed by atoms with Crippen LogP contribution in [0.4, 0.5) is 0 Å². The van der Waals surface area contributed by atoms with Crippen LogP contribution < -0.4 is 0 Å². The first-order chi connectivity index (χ1) is 7.63. The largest absolute Gasteiger partial charge is 0.472 e. The molecule has 1 rings (SSSR count). The van der Waals surface area contributed by atoms with Crippen molar-refractivity contribution < 1.29 is 54.6 Å². The van der Waals surface area contributed by atoms with Crippen molar-refractivity contribution in [2.24, 2.45) is 0 Å². The lowest BCUT2D eigenvalue weighted by molar-refractivity contribution is -0.382. The Bertz CT molecular complexity index is 317. The van der Waals surface area contributed by atoms with Crippen LogP contribution in [0, 0.1) is 0 Å². The predicted octanol–water partition coefficient (Wildman–Crippen LogP) is -4.61. The summed E-state index contributed by atoms with van der Waals surface area (Å²) in [5, 5.41) is 46.0. The van der Waals surface area contributed by atoms with Crippen LogP contribution in [-0.4, -0.2) is 77.8 Å². The highest BCUT2D eigenvalue weighted by Crippen LogP contribution is 2.45. The molecule has 0 unspecified atom stereocenters. The minimum atomic E-state index is -5.18. The number of phosphoric ester groups is 1. The lowest BCUT2D eigenvalue weighted by atomic mass is 9.96. The molecule has 0 aliphatic carbocycles. The fourth-order valence-corrected chi connectivity index (χ4v) is 2.01. The summed E-state index contributed by atoms with van der Waals surface area (Å²) in [5.41, 5.74) is 0. The number of phosphoric acid groups is 1. The number of ether oxygens (including phenoxy) is 1. The van der Waals surface area contributed by atoms with Gasteiger partial charge in [-0.2, -0.15) is 0 Å². The first kappa shape index (κ1) is 17.8. The highest BCUT2D eigenvalue weighted by atomic mass is 31.2. The van der Waals surface area contributed by atoms with Crippen molar-refractivity contribution in [2.45, 2.75) is 30.4 Å². The van der Waals surface area contributed by atoms with Gasteiger partial charge in [-0.1, -0.05) is 0 Å². The molecule has 0 aromatic carbocycles. The monoisotopic (exact) mass is 294 g/mol. The maximum Gasteiger partial charge on any atom is 0.472 e. The summed E-state index contributed by atoms with van der Waals surface area (Å²) in [6.07, 6.45) is -8.19. The Balaban J connectivity index is 0.00000289. The fraction of sp³-hybridized carbons (Fsp3) is 1.00. The molecule has 110 valence electrons. The Hall–Kier alpha value is -0.170. The van der Waals surface area contributed by atoms with Crippen LogP contribution >= 0.6 is 7.82 Å². The van der Waals surface area contributed by atoms with Gasteiger partial charge in [-0.25, -0.2) is 9.09 Å². The average molecular weight is 294 g/mol. The first-order valence-electron chi connectivity index (χ1n) is 4.40. The van der Waals surface area contributed by atoms with Crippen LogP contribution in [0.15, 0.2) is 0 Å². The summed E-state index contributed by atoms with van der Waals surface area (Å²) in [4.78, 5) is 17.2. The van der Waals surface area contributed by atoms with E-state index in [0.29, 0.717) is 0 Å². The molecule has 9 N–H and O–H groups in total. The lowest BCUT2D eigenvalue weighted by Gasteiger charge is -2.45. The van der Waals surface area contributed by atoms with Crippen molar-refractivity contribution >= 4 is 7.82 Å². The van der Waals surface area contributed by atoms with Gasteiger partial charge in [-0.15, -0.1) is 0 Å². The van der Waals surface area contributed by atoms with E-state index in [9.17, 15) is 14.8 Å². The van der Waals surface area contributed by atoms with Crippen molar-refractivity contribution in [2.75, 3.05) is 6.61 Å². The van der Waals surface area contributed by atoms with Crippen molar-refractivity contribution in [1.29, 1.82) is 0 Å². The van der Waals surface area contributed by atoms with Gasteiger partial charge in [-0.05, 0) is 0 Å². The van der Waals surface area contributed by atoms with Gasteiger partial charge < -0.3 is 45.5 Å². The third kappa shape index (κ3) is 3.44. The van der Waals surface area contributed by atoms with E-state index in [1.807, 2.05) is 0 Å². The number of hydrogen-bond donors (Lipinski definition) is 7. The molecule has 11 nitrogen and oxygen atoms in total. The summed E-state index contributed by atoms with van der Waals surface area (Å²) in [7, 11) is -5.18. The van der Waals surface area contributed by atoms with E-state index < -0.39 is 44.8 Å². The van der Waals surface area contributed by atoms with Gasteiger partial charge >= 0.3 is 7.82 Å². The minimum Gasteiger partial charge on any atom is -0.412 e. The number of aliphatic hydroxyl groups excluding tert-OH is 5. The molecule has 0 spiro atoms. The Labute approximate surface area is 100 Å². The Morgan fingerprint density at radius 1 is 1.17 bits per heavy atom. The summed E-state index contributed by atoms with van der Waals surface area (Å²) in [6.45, 7) is -1.26. The maximum atomic E-state index is 10.6. The van der Waals surface area contributed by atoms with Crippen LogP contribution in [0.2, 0.25) is 0 Å². The molecule has 12 heteroatoms. The normalized spacial score (nSPS) is 41.3. The highest BCUT2D eigenvalue weighted by molar-refractivity contribution is 7.46. The van der Waals surface area contributed by atoms with Crippen LogP contribution in [-0.2, 0) is 13.8 Å². The van der Waals surface area contributed by atoms with Gasteiger partial charge in [0.1, 0.15) is 24.9 Å². The van der Waals surface area contributed by atoms with E-state index in [4.69, 9.17) is 25.1 Å². The van der Waals surface area contributed by atoms with E-state index in [-0.39, 0.29) is 5.48 Å². The smallest absolute Gasteiger partial charge is 0.412 e. The molecule has 0 amide bonds. The topological polar surface area (TPSA) is 209 Å². The Kier molecular flexibility index (Phi) is 5.80. The van der Waals surface area contributed by atoms with E-state index in [2.05, 4.69) is 9.26 Å². The van der Waals surface area contributed by atoms with Crippen LogP contribution in [0.5, 0.6) is 0 Å². The minimum absolute atomic E-state index is 0. The zero-order valence-electron chi connectivity index (χ0n) is 8.82. The third-order valence-electron chi connectivity index (χ3n) is 2.23. The SMILES string of the molecule is O.O=P(O)(O)O[C@@]1(CO)O[C@H](O)[C@H](O)[C@H](O)[C@@H]1O. The molecule has 1 fully saturated rings. The van der Waals surface area contributed by atoms with Gasteiger partial charge in [0.05, 0.1) is 0 Å². The molecule has 0 bridgehead atoms. The predicted molar refractivity (Wildman–Crippen MR) is 51.7 cm³/mol. The fourth-order valence-electron chi connectivity index (χ4n) is 1.40. The molecule has 0 radical (unpaired) electrons. The van der Waals surface area contributed by atoms with Gasteiger partial charge in [0, 0.05) is 0 Å². The van der Waals surface area contributed by atoms with Crippen LogP contribution in [0.3, 0.4) is 0 Å². The van der Waals surface area contributed by atoms with Crippen LogP contribution in [0.1, 0.15) is 0 Å². The molecule has 1 aliphatic heterocycles. The van der Waals surface area contributed by atoms with E-state index in [0.717, 1.165) is 0 Å². The molecule has 1 saturated heterocycles. The molecular formula is C6H15O11P. The van der Waals surface area contributed by atoms with E-state index in [1.165, 1.54) is 0 Å². The number of aliphatic hydroxyl groups is 5. The van der Waals surface area contributed by atoms with Crippen LogP contribution in [0.25, 0.3) is 0 Å². The second kappa shape index (κ2) is 5.86. The Morgan fingerprint density at radius 3 is 2.06 bits per heavy atom. The molecular weight excluding hydrogens is 279 g/mol. The molecule has 1 heterocycles. The highest BCUT2D eigenvalue weighted by Gasteiger charge is 2.56. The second-order valence-corrected chi connectivity index (χ2v) is 4.65. The maximum absolute atomic E-state index is 10.6. The standard InChI is InChI=1S/C6H13O10P.H2O/c7-1-6(16-17(12,13)14)4(10)2(8)3(9)5(11)15-6;/h2-5,7-11H,1H2,(H2,12,13,14);1H2/t2-,3+,4-,5-,6+;/m0./s1. The zero-order valence-corrected chi connectivity index (χ0v) is 9.71. The third-order valence-corrected chi connectivity index (χ3v) is 2.78. The molecule has 5 atom stereocenters. The quantitative estimate of drug-likeness (QED) is 0.247. The molecule has 0 saturated carbocycles. The number of hydrogen-bond acceptors (Lipinski definition) is 8. The number of rotatable bonds is 3. The summed E-state index contributed by atoms with van der Waals surface area (Å²) >= 11 is 0. The van der Waals surface area contributed by atoms with Gasteiger partial charge in [-0.3, -0.25) is 0 Å². The van der Waals surface area contributed by atoms with Crippen molar-refractivity contribution in [3.8, 4) is 0 Å². The molecule has 0 aromatic heterocycles. The first-order valence-corrected chi connectivity index (χ1v) is 5.93. The lowest BCUT2D eigenvalue weighted by Crippen LogP contribution is -2.66. The van der Waals surface area contributed by atoms with E-state index >= 15 is 0 Å². The van der Waals surface area contributed by atoms with Gasteiger partial charge in [0.2, 0.25) is 5.79 Å². The second-order valence-electron chi connectivity index (χ2n) is 3.49. The van der Waals surface area contributed by atoms with Crippen molar-refractivity contribution in [3.05, 3.63) is 0 Å². The summed E-state index contributed by atoms with van der Waals surface area (Å²) in [5.74, 6) is -2.73. The van der Waals surface area contributed by atoms with Crippen molar-refractivity contribution in [3.63, 3.8) is 0 Å². The molecule has 18 heavy (non-hydrogen) atoms. The molecule has 1 aliphatic rings. The van der Waals surface area contributed by atoms with Crippen molar-refractivity contribution in [1.82, 2.24) is 0 Å². The zero-order chi connectivity index (χ0) is 13.4. The summed E-state index contributed by atoms with van der Waals surface area (Å²) < 4.78 is 19.1. The molecule has 0 aromatic rings. The Morgan fingerprint density at radius 2 is 1.67 bits per heavy atom. The van der Waals surface area contributed by atoms with E-state index in [1.54, 1.807) is 0 Å². The van der Waals surface area contributed by atoms with Gasteiger partial charge in [0.15, 0.2) is 6.29 Å². The van der Waals surface area contributed by atoms with Gasteiger partial charge in [0.25, 0.3) is 0 Å².